The van der Waals surface area contributed by atoms with Gasteiger partial charge in [-0.3, -0.25) is 19.9 Å². The van der Waals surface area contributed by atoms with E-state index in [4.69, 9.17) is 34.9 Å². The summed E-state index contributed by atoms with van der Waals surface area (Å²) in [4.78, 5) is 24.9. The second kappa shape index (κ2) is 7.51. The molecule has 0 aliphatic carbocycles. The highest BCUT2D eigenvalue weighted by Gasteiger charge is 2.22. The van der Waals surface area contributed by atoms with Crippen molar-refractivity contribution in [3.8, 4) is 11.1 Å². The van der Waals surface area contributed by atoms with Crippen LogP contribution in [0.2, 0.25) is 10.0 Å². The Morgan fingerprint density at radius 3 is 2.64 bits per heavy atom. The fourth-order valence-electron chi connectivity index (χ4n) is 2.02. The van der Waals surface area contributed by atoms with Crippen LogP contribution in [-0.4, -0.2) is 33.7 Å². The molecular formula is C14H15Cl2N7O2. The van der Waals surface area contributed by atoms with Gasteiger partial charge in [0.25, 0.3) is 11.5 Å². The predicted molar refractivity (Wildman–Crippen MR) is 96.0 cm³/mol. The normalized spacial score (nSPS) is 11.3. The Balaban J connectivity index is 2.59. The van der Waals surface area contributed by atoms with Gasteiger partial charge in [0.05, 0.1) is 10.6 Å². The molecule has 5 N–H and O–H groups in total. The quantitative estimate of drug-likeness (QED) is 0.299. The molecule has 0 atom stereocenters. The Morgan fingerprint density at radius 2 is 2.08 bits per heavy atom. The number of nitrogens with one attached hydrogen (secondary N) is 1. The first-order valence-electron chi connectivity index (χ1n) is 6.86. The molecule has 0 fully saturated rings. The Morgan fingerprint density at radius 1 is 1.40 bits per heavy atom. The van der Waals surface area contributed by atoms with Gasteiger partial charge in [0.1, 0.15) is 0 Å². The van der Waals surface area contributed by atoms with Gasteiger partial charge in [-0.25, -0.2) is 10.5 Å². The predicted octanol–water partition coefficient (Wildman–Crippen LogP) is 0.519. The summed E-state index contributed by atoms with van der Waals surface area (Å²) in [5.74, 6) is 9.80. The summed E-state index contributed by atoms with van der Waals surface area (Å²) >= 11 is 12.2. The van der Waals surface area contributed by atoms with Gasteiger partial charge in [0.15, 0.2) is 5.69 Å². The van der Waals surface area contributed by atoms with Gasteiger partial charge in [-0.1, -0.05) is 35.3 Å². The minimum Gasteiger partial charge on any atom is -0.320 e. The Bertz CT molecular complexity index is 909. The lowest BCUT2D eigenvalue weighted by Crippen LogP contribution is -2.46. The average Bonchev–Trinajstić information content (AvgIpc) is 2.55. The van der Waals surface area contributed by atoms with Crippen molar-refractivity contribution in [3.05, 3.63) is 50.4 Å². The number of aromatic nitrogens is 2. The second-order valence-electron chi connectivity index (χ2n) is 4.99. The maximum absolute atomic E-state index is 12.4. The molecule has 2 aromatic rings. The van der Waals surface area contributed by atoms with Crippen molar-refractivity contribution in [2.45, 2.75) is 0 Å². The average molecular weight is 384 g/mol. The van der Waals surface area contributed by atoms with Crippen LogP contribution < -0.4 is 22.6 Å². The Labute approximate surface area is 152 Å². The number of hydrogen-bond acceptors (Lipinski definition) is 6. The molecule has 1 heterocycles. The summed E-state index contributed by atoms with van der Waals surface area (Å²) < 4.78 is 1.00. The molecule has 1 aromatic carbocycles. The topological polar surface area (TPSA) is 132 Å². The van der Waals surface area contributed by atoms with Gasteiger partial charge < -0.3 is 5.84 Å². The number of nitrogens with zero attached hydrogens (tertiary/aromatic N) is 4. The molecular weight excluding hydrogens is 369 g/mol. The van der Waals surface area contributed by atoms with Crippen LogP contribution in [0.1, 0.15) is 10.5 Å². The number of hydrogen-bond donors (Lipinski definition) is 3. The van der Waals surface area contributed by atoms with E-state index < -0.39 is 11.5 Å². The van der Waals surface area contributed by atoms with Crippen LogP contribution in [0.4, 0.5) is 0 Å². The highest BCUT2D eigenvalue weighted by Crippen LogP contribution is 2.28. The van der Waals surface area contributed by atoms with Crippen LogP contribution in [-0.2, 0) is 7.05 Å². The number of carbonyl (C=O) groups is 1. The second-order valence-corrected chi connectivity index (χ2v) is 5.81. The van der Waals surface area contributed by atoms with E-state index in [2.05, 4.69) is 15.5 Å². The highest BCUT2D eigenvalue weighted by molar-refractivity contribution is 6.36. The van der Waals surface area contributed by atoms with Crippen molar-refractivity contribution in [1.82, 2.24) is 20.1 Å². The molecule has 0 saturated heterocycles. The fourth-order valence-corrected chi connectivity index (χ4v) is 2.53. The van der Waals surface area contributed by atoms with E-state index >= 15 is 0 Å². The summed E-state index contributed by atoms with van der Waals surface area (Å²) in [5, 5.41) is 10.9. The van der Waals surface area contributed by atoms with Gasteiger partial charge in [0, 0.05) is 19.1 Å². The number of carbonyl (C=O) groups excluding carboxylic acids is 1. The minimum atomic E-state index is -0.731. The third kappa shape index (κ3) is 3.90. The van der Waals surface area contributed by atoms with Crippen molar-refractivity contribution >= 4 is 35.1 Å². The molecule has 9 nitrogen and oxygen atoms in total. The van der Waals surface area contributed by atoms with Gasteiger partial charge in [0.2, 0.25) is 5.96 Å². The molecule has 1 amide bonds. The molecule has 25 heavy (non-hydrogen) atoms. The Hall–Kier alpha value is -2.62. The number of nitrogens with two attached hydrogens (primary N) is 2. The molecule has 1 aromatic heterocycles. The molecule has 0 aliphatic heterocycles. The first-order valence-corrected chi connectivity index (χ1v) is 7.62. The lowest BCUT2D eigenvalue weighted by atomic mass is 10.1. The van der Waals surface area contributed by atoms with E-state index in [1.807, 2.05) is 0 Å². The van der Waals surface area contributed by atoms with Crippen LogP contribution in [0.15, 0.2) is 34.2 Å². The first kappa shape index (κ1) is 18.7. The third-order valence-electron chi connectivity index (χ3n) is 3.20. The first-order chi connectivity index (χ1) is 11.8. The van der Waals surface area contributed by atoms with E-state index in [1.54, 1.807) is 24.3 Å². The van der Waals surface area contributed by atoms with Crippen LogP contribution in [0, 0.1) is 0 Å². The summed E-state index contributed by atoms with van der Waals surface area (Å²) in [6.07, 6.45) is 0. The molecule has 0 aliphatic rings. The third-order valence-corrected chi connectivity index (χ3v) is 3.80. The highest BCUT2D eigenvalue weighted by atomic mass is 35.5. The number of aryl methyl sites for hydroxylation is 1. The number of hydrazone groups is 1. The summed E-state index contributed by atoms with van der Waals surface area (Å²) in [5.41, 5.74) is -0.119. The number of halogens is 2. The van der Waals surface area contributed by atoms with Gasteiger partial charge in [-0.05, 0) is 17.7 Å². The van der Waals surface area contributed by atoms with E-state index in [-0.39, 0.29) is 22.2 Å². The van der Waals surface area contributed by atoms with Crippen molar-refractivity contribution in [2.75, 3.05) is 7.05 Å². The van der Waals surface area contributed by atoms with Crippen molar-refractivity contribution in [2.24, 2.45) is 23.8 Å². The number of hydrazine groups is 1. The van der Waals surface area contributed by atoms with E-state index in [0.29, 0.717) is 10.6 Å². The van der Waals surface area contributed by atoms with Crippen LogP contribution >= 0.6 is 23.2 Å². The fraction of sp³-hybridized carbons (Fsp3) is 0.143. The lowest BCUT2D eigenvalue weighted by Gasteiger charge is -2.16. The molecule has 2 rings (SSSR count). The smallest absolute Gasteiger partial charge is 0.280 e. The van der Waals surface area contributed by atoms with Crippen LogP contribution in [0.3, 0.4) is 0 Å². The van der Waals surface area contributed by atoms with Gasteiger partial charge in [-0.15, -0.1) is 5.10 Å². The van der Waals surface area contributed by atoms with Crippen LogP contribution in [0.25, 0.3) is 11.1 Å². The molecule has 0 saturated carbocycles. The summed E-state index contributed by atoms with van der Waals surface area (Å²) in [6.45, 7) is 0. The number of benzene rings is 1. The molecule has 132 valence electrons. The Kier molecular flexibility index (Phi) is 5.62. The molecule has 11 heteroatoms. The zero-order valence-corrected chi connectivity index (χ0v) is 14.8. The van der Waals surface area contributed by atoms with E-state index in [1.165, 1.54) is 14.1 Å². The summed E-state index contributed by atoms with van der Waals surface area (Å²) in [7, 11) is 2.83. The minimum absolute atomic E-state index is 0.0964. The van der Waals surface area contributed by atoms with Crippen molar-refractivity contribution in [3.63, 3.8) is 0 Å². The van der Waals surface area contributed by atoms with Gasteiger partial charge >= 0.3 is 0 Å². The lowest BCUT2D eigenvalue weighted by molar-refractivity contribution is 0.0965. The van der Waals surface area contributed by atoms with E-state index in [9.17, 15) is 9.59 Å². The molecule has 0 unspecified atom stereocenters. The number of guanidine groups is 1. The molecule has 0 spiro atoms. The van der Waals surface area contributed by atoms with Crippen LogP contribution in [0.5, 0.6) is 0 Å². The van der Waals surface area contributed by atoms with Crippen molar-refractivity contribution < 1.29 is 4.79 Å². The monoisotopic (exact) mass is 383 g/mol. The van der Waals surface area contributed by atoms with E-state index in [0.717, 1.165) is 9.69 Å². The summed E-state index contributed by atoms with van der Waals surface area (Å²) in [6, 6.07) is 6.53. The zero-order valence-electron chi connectivity index (χ0n) is 13.3. The zero-order chi connectivity index (χ0) is 18.7. The maximum Gasteiger partial charge on any atom is 0.280 e. The molecule has 0 bridgehead atoms. The van der Waals surface area contributed by atoms with Crippen molar-refractivity contribution in [1.29, 1.82) is 0 Å². The molecule has 0 radical (unpaired) electrons. The number of amides is 1. The SMILES string of the molecule is CN(N)/C(=N\N)NC(=O)c1nn(C)c(=O)c(-c2cccc(Cl)c2)c1Cl. The maximum atomic E-state index is 12.4. The standard InChI is InChI=1S/C14H15Cl2N7O2/c1-22(18)14(20-17)19-12(24)11-10(16)9(13(25)23(2)21-11)7-4-3-5-8(15)6-7/h3-6H,17-18H2,1-2H3,(H,19,20,24). The van der Waals surface area contributed by atoms with Gasteiger partial charge in [-0.2, -0.15) is 5.10 Å². The largest absolute Gasteiger partial charge is 0.320 e. The number of rotatable bonds is 2.